The zero-order chi connectivity index (χ0) is 13.8. The third-order valence-corrected chi connectivity index (χ3v) is 4.70. The van der Waals surface area contributed by atoms with E-state index in [9.17, 15) is 0 Å². The number of likely N-dealkylation sites (tertiary alicyclic amines) is 1. The predicted molar refractivity (Wildman–Crippen MR) is 101 cm³/mol. The molecule has 1 aromatic heterocycles. The van der Waals surface area contributed by atoms with Gasteiger partial charge in [-0.15, -0.1) is 24.0 Å². The summed E-state index contributed by atoms with van der Waals surface area (Å²) in [7, 11) is 0. The van der Waals surface area contributed by atoms with E-state index < -0.39 is 0 Å². The Bertz CT molecular complexity index is 445. The third kappa shape index (κ3) is 5.10. The predicted octanol–water partition coefficient (Wildman–Crippen LogP) is 2.66. The molecule has 0 bridgehead atoms. The van der Waals surface area contributed by atoms with Crippen LogP contribution in [0.25, 0.3) is 0 Å². The summed E-state index contributed by atoms with van der Waals surface area (Å²) in [4.78, 5) is 7.31. The Kier molecular flexibility index (Phi) is 6.75. The number of nitrogens with zero attached hydrogens (tertiary/aromatic N) is 2. The van der Waals surface area contributed by atoms with E-state index in [1.165, 1.54) is 37.9 Å². The maximum Gasteiger partial charge on any atom is 0.191 e. The highest BCUT2D eigenvalue weighted by Gasteiger charge is 2.34. The van der Waals surface area contributed by atoms with Crippen LogP contribution in [0.3, 0.4) is 0 Å². The van der Waals surface area contributed by atoms with Crippen LogP contribution >= 0.6 is 35.3 Å². The van der Waals surface area contributed by atoms with E-state index in [0.717, 1.165) is 25.1 Å². The van der Waals surface area contributed by atoms with E-state index in [4.69, 9.17) is 0 Å². The fourth-order valence-electron chi connectivity index (χ4n) is 2.74. The van der Waals surface area contributed by atoms with Crippen molar-refractivity contribution in [2.24, 2.45) is 4.99 Å². The molecule has 21 heavy (non-hydrogen) atoms. The van der Waals surface area contributed by atoms with Crippen LogP contribution in [0.15, 0.2) is 21.8 Å². The topological polar surface area (TPSA) is 39.7 Å². The summed E-state index contributed by atoms with van der Waals surface area (Å²) in [5.74, 6) is 0.960. The van der Waals surface area contributed by atoms with Crippen molar-refractivity contribution in [3.63, 3.8) is 0 Å². The second kappa shape index (κ2) is 8.33. The zero-order valence-electron chi connectivity index (χ0n) is 12.5. The first-order chi connectivity index (χ1) is 9.85. The number of nitrogens with one attached hydrogen (secondary N) is 2. The highest BCUT2D eigenvalue weighted by molar-refractivity contribution is 14.0. The van der Waals surface area contributed by atoms with Crippen molar-refractivity contribution in [2.45, 2.75) is 44.8 Å². The summed E-state index contributed by atoms with van der Waals surface area (Å²) >= 11 is 1.73. The van der Waals surface area contributed by atoms with Crippen LogP contribution in [0.1, 0.15) is 31.7 Å². The largest absolute Gasteiger partial charge is 0.357 e. The van der Waals surface area contributed by atoms with Gasteiger partial charge in [-0.2, -0.15) is 11.3 Å². The molecule has 1 aliphatic heterocycles. The molecule has 1 saturated heterocycles. The molecule has 0 spiro atoms. The molecular formula is C15H25IN4S. The third-order valence-electron chi connectivity index (χ3n) is 3.97. The lowest BCUT2D eigenvalue weighted by Gasteiger charge is -2.18. The van der Waals surface area contributed by atoms with E-state index in [-0.39, 0.29) is 24.0 Å². The first-order valence-corrected chi connectivity index (χ1v) is 8.59. The molecule has 118 valence electrons. The van der Waals surface area contributed by atoms with E-state index in [1.807, 2.05) is 0 Å². The Morgan fingerprint density at radius 3 is 2.95 bits per heavy atom. The molecule has 0 radical (unpaired) electrons. The quantitative estimate of drug-likeness (QED) is 0.437. The van der Waals surface area contributed by atoms with Gasteiger partial charge in [0.05, 0.1) is 6.54 Å². The molecule has 2 fully saturated rings. The number of rotatable bonds is 5. The van der Waals surface area contributed by atoms with Gasteiger partial charge in [0.1, 0.15) is 0 Å². The van der Waals surface area contributed by atoms with Gasteiger partial charge < -0.3 is 10.6 Å². The van der Waals surface area contributed by atoms with Gasteiger partial charge in [0, 0.05) is 31.7 Å². The molecule has 2 heterocycles. The molecule has 3 rings (SSSR count). The minimum Gasteiger partial charge on any atom is -0.357 e. The Hall–Kier alpha value is -0.340. The molecule has 0 aromatic carbocycles. The molecule has 6 heteroatoms. The van der Waals surface area contributed by atoms with Crippen molar-refractivity contribution in [2.75, 3.05) is 19.6 Å². The summed E-state index contributed by atoms with van der Waals surface area (Å²) in [6, 6.07) is 3.57. The van der Waals surface area contributed by atoms with Crippen LogP contribution in [0.5, 0.6) is 0 Å². The summed E-state index contributed by atoms with van der Waals surface area (Å²) in [5.41, 5.74) is 1.29. The Labute approximate surface area is 148 Å². The fraction of sp³-hybridized carbons (Fsp3) is 0.667. The van der Waals surface area contributed by atoms with Crippen molar-refractivity contribution in [3.05, 3.63) is 22.4 Å². The Balaban J connectivity index is 0.00000161. The van der Waals surface area contributed by atoms with Crippen LogP contribution in [-0.4, -0.2) is 42.6 Å². The van der Waals surface area contributed by atoms with Crippen LogP contribution in [0, 0.1) is 0 Å². The van der Waals surface area contributed by atoms with Crippen LogP contribution in [0.2, 0.25) is 0 Å². The van der Waals surface area contributed by atoms with Gasteiger partial charge >= 0.3 is 0 Å². The summed E-state index contributed by atoms with van der Waals surface area (Å²) in [6.07, 6.45) is 4.04. The van der Waals surface area contributed by atoms with Crippen LogP contribution in [0.4, 0.5) is 0 Å². The summed E-state index contributed by atoms with van der Waals surface area (Å²) in [5, 5.41) is 11.2. The number of halogens is 1. The van der Waals surface area contributed by atoms with Crippen LogP contribution < -0.4 is 10.6 Å². The monoisotopic (exact) mass is 420 g/mol. The molecule has 4 nitrogen and oxygen atoms in total. The minimum atomic E-state index is 0. The molecule has 2 N–H and O–H groups in total. The molecule has 1 saturated carbocycles. The zero-order valence-corrected chi connectivity index (χ0v) is 15.7. The number of aliphatic imine (C=N–C) groups is 1. The highest BCUT2D eigenvalue weighted by atomic mass is 127. The van der Waals surface area contributed by atoms with Gasteiger partial charge in [-0.25, -0.2) is 4.99 Å². The van der Waals surface area contributed by atoms with E-state index in [1.54, 1.807) is 11.3 Å². The average Bonchev–Trinajstić information content (AvgIpc) is 2.99. The molecule has 1 aromatic rings. The molecule has 2 aliphatic rings. The number of hydrogen-bond donors (Lipinski definition) is 2. The van der Waals surface area contributed by atoms with Crippen molar-refractivity contribution in [3.8, 4) is 0 Å². The first kappa shape index (κ1) is 17.0. The summed E-state index contributed by atoms with van der Waals surface area (Å²) in [6.45, 7) is 6.21. The van der Waals surface area contributed by atoms with E-state index in [2.05, 4.69) is 44.3 Å². The number of hydrogen-bond acceptors (Lipinski definition) is 3. The fourth-order valence-corrected chi connectivity index (χ4v) is 3.40. The molecular weight excluding hydrogens is 395 g/mol. The van der Waals surface area contributed by atoms with Gasteiger partial charge in [-0.3, -0.25) is 4.90 Å². The van der Waals surface area contributed by atoms with Crippen molar-refractivity contribution in [1.82, 2.24) is 15.5 Å². The SMILES string of the molecule is CCNC(=NCc1ccsc1)NC1CCN(C2CC2)C1.I. The Morgan fingerprint density at radius 2 is 2.29 bits per heavy atom. The molecule has 1 aliphatic carbocycles. The second-order valence-corrected chi connectivity index (χ2v) is 6.46. The van der Waals surface area contributed by atoms with Gasteiger partial charge in [0.2, 0.25) is 0 Å². The lowest BCUT2D eigenvalue weighted by atomic mass is 10.3. The minimum absolute atomic E-state index is 0. The van der Waals surface area contributed by atoms with E-state index >= 15 is 0 Å². The van der Waals surface area contributed by atoms with Crippen molar-refractivity contribution < 1.29 is 0 Å². The molecule has 1 unspecified atom stereocenters. The first-order valence-electron chi connectivity index (χ1n) is 7.65. The number of guanidine groups is 1. The van der Waals surface area contributed by atoms with Crippen molar-refractivity contribution in [1.29, 1.82) is 0 Å². The van der Waals surface area contributed by atoms with Crippen LogP contribution in [-0.2, 0) is 6.54 Å². The maximum atomic E-state index is 4.69. The normalized spacial score (nSPS) is 22.9. The highest BCUT2D eigenvalue weighted by Crippen LogP contribution is 2.29. The maximum absolute atomic E-state index is 4.69. The standard InChI is InChI=1S/C15H24N4S.HI/c1-2-16-15(17-9-12-6-8-20-11-12)18-13-5-7-19(10-13)14-3-4-14;/h6,8,11,13-14H,2-5,7,9-10H2,1H3,(H2,16,17,18);1H. The van der Waals surface area contributed by atoms with Gasteiger partial charge in [-0.1, -0.05) is 0 Å². The van der Waals surface area contributed by atoms with E-state index in [0.29, 0.717) is 6.04 Å². The van der Waals surface area contributed by atoms with Gasteiger partial charge in [0.15, 0.2) is 5.96 Å². The average molecular weight is 420 g/mol. The number of thiophene rings is 1. The van der Waals surface area contributed by atoms with Crippen molar-refractivity contribution >= 4 is 41.3 Å². The van der Waals surface area contributed by atoms with Gasteiger partial charge in [-0.05, 0) is 48.6 Å². The Morgan fingerprint density at radius 1 is 1.43 bits per heavy atom. The van der Waals surface area contributed by atoms with Gasteiger partial charge in [0.25, 0.3) is 0 Å². The molecule has 1 atom stereocenters. The summed E-state index contributed by atoms with van der Waals surface area (Å²) < 4.78 is 0. The molecule has 0 amide bonds. The lowest BCUT2D eigenvalue weighted by molar-refractivity contribution is 0.321. The smallest absolute Gasteiger partial charge is 0.191 e. The second-order valence-electron chi connectivity index (χ2n) is 5.68. The lowest BCUT2D eigenvalue weighted by Crippen LogP contribution is -2.44.